The topological polar surface area (TPSA) is 108 Å². The van der Waals surface area contributed by atoms with Crippen LogP contribution in [0.25, 0.3) is 0 Å². The maximum atomic E-state index is 12.7. The monoisotopic (exact) mass is 462 g/mol. The summed E-state index contributed by atoms with van der Waals surface area (Å²) >= 11 is 7.13. The summed E-state index contributed by atoms with van der Waals surface area (Å²) in [5.41, 5.74) is 0.929. The van der Waals surface area contributed by atoms with Crippen molar-refractivity contribution in [2.75, 3.05) is 14.9 Å². The first-order chi connectivity index (χ1) is 14.3. The van der Waals surface area contributed by atoms with Crippen molar-refractivity contribution < 1.29 is 18.0 Å². The first kappa shape index (κ1) is 20.3. The number of benzene rings is 2. The number of imide groups is 1. The van der Waals surface area contributed by atoms with Crippen LogP contribution >= 0.6 is 22.9 Å². The predicted molar refractivity (Wildman–Crippen MR) is 115 cm³/mol. The van der Waals surface area contributed by atoms with Gasteiger partial charge in [0.1, 0.15) is 6.04 Å². The van der Waals surface area contributed by atoms with Gasteiger partial charge < -0.3 is 5.32 Å². The van der Waals surface area contributed by atoms with Gasteiger partial charge in [0.15, 0.2) is 5.13 Å². The number of sulfonamides is 1. The number of carbonyl (C=O) groups excluding carboxylic acids is 2. The molecule has 1 atom stereocenters. The molecule has 4 rings (SSSR count). The SMILES string of the molecule is O=C1C[C@H](Nc2ccc(S(=O)(=O)Nc3nccs3)cc2)C(=O)N1c1cccc(Cl)c1. The number of thiazole rings is 1. The van der Waals surface area contributed by atoms with Crippen molar-refractivity contribution in [3.05, 3.63) is 65.1 Å². The van der Waals surface area contributed by atoms with Gasteiger partial charge in [0, 0.05) is 22.3 Å². The van der Waals surface area contributed by atoms with Gasteiger partial charge in [-0.1, -0.05) is 17.7 Å². The third-order valence-electron chi connectivity index (χ3n) is 4.37. The highest BCUT2D eigenvalue weighted by atomic mass is 35.5. The number of halogens is 1. The van der Waals surface area contributed by atoms with Crippen molar-refractivity contribution in [2.24, 2.45) is 0 Å². The average molecular weight is 463 g/mol. The Morgan fingerprint density at radius 2 is 1.90 bits per heavy atom. The van der Waals surface area contributed by atoms with Crippen molar-refractivity contribution in [3.63, 3.8) is 0 Å². The lowest BCUT2D eigenvalue weighted by Gasteiger charge is -2.16. The summed E-state index contributed by atoms with van der Waals surface area (Å²) in [5, 5.41) is 5.35. The third kappa shape index (κ3) is 4.16. The van der Waals surface area contributed by atoms with E-state index in [1.165, 1.54) is 41.8 Å². The van der Waals surface area contributed by atoms with Crippen molar-refractivity contribution in [1.82, 2.24) is 4.98 Å². The third-order valence-corrected chi connectivity index (χ3v) is 6.78. The Labute approximate surface area is 181 Å². The van der Waals surface area contributed by atoms with E-state index in [1.54, 1.807) is 29.6 Å². The molecular weight excluding hydrogens is 448 g/mol. The van der Waals surface area contributed by atoms with Gasteiger partial charge in [-0.15, -0.1) is 11.3 Å². The van der Waals surface area contributed by atoms with Crippen molar-refractivity contribution >= 4 is 61.3 Å². The Morgan fingerprint density at radius 1 is 1.13 bits per heavy atom. The van der Waals surface area contributed by atoms with Gasteiger partial charge in [0.25, 0.3) is 15.9 Å². The van der Waals surface area contributed by atoms with Gasteiger partial charge >= 0.3 is 0 Å². The summed E-state index contributed by atoms with van der Waals surface area (Å²) in [4.78, 5) is 30.1. The lowest BCUT2D eigenvalue weighted by atomic mass is 10.2. The van der Waals surface area contributed by atoms with E-state index < -0.39 is 22.0 Å². The molecule has 30 heavy (non-hydrogen) atoms. The molecule has 2 N–H and O–H groups in total. The fourth-order valence-electron chi connectivity index (χ4n) is 3.01. The zero-order valence-corrected chi connectivity index (χ0v) is 17.7. The van der Waals surface area contributed by atoms with E-state index in [-0.39, 0.29) is 22.4 Å². The molecule has 11 heteroatoms. The summed E-state index contributed by atoms with van der Waals surface area (Å²) in [6, 6.07) is 11.7. The number of carbonyl (C=O) groups is 2. The van der Waals surface area contributed by atoms with E-state index in [0.717, 1.165) is 4.90 Å². The molecule has 0 spiro atoms. The molecule has 1 aliphatic rings. The van der Waals surface area contributed by atoms with Crippen LogP contribution < -0.4 is 14.9 Å². The van der Waals surface area contributed by atoms with Crippen LogP contribution in [-0.4, -0.2) is 31.3 Å². The zero-order chi connectivity index (χ0) is 21.3. The van der Waals surface area contributed by atoms with Crippen LogP contribution in [0.1, 0.15) is 6.42 Å². The lowest BCUT2D eigenvalue weighted by molar-refractivity contribution is -0.121. The molecule has 1 fully saturated rings. The Morgan fingerprint density at radius 3 is 2.57 bits per heavy atom. The maximum Gasteiger partial charge on any atom is 0.263 e. The second-order valence-corrected chi connectivity index (χ2v) is 9.43. The Balaban J connectivity index is 1.47. The van der Waals surface area contributed by atoms with Crippen LogP contribution in [0.4, 0.5) is 16.5 Å². The molecule has 0 radical (unpaired) electrons. The molecule has 3 aromatic rings. The fourth-order valence-corrected chi connectivity index (χ4v) is 4.98. The molecule has 8 nitrogen and oxygen atoms in total. The summed E-state index contributed by atoms with van der Waals surface area (Å²) in [6.07, 6.45) is 1.49. The van der Waals surface area contributed by atoms with Gasteiger partial charge in [0.05, 0.1) is 17.0 Å². The van der Waals surface area contributed by atoms with Gasteiger partial charge in [-0.2, -0.15) is 0 Å². The van der Waals surface area contributed by atoms with Crippen LogP contribution in [0.5, 0.6) is 0 Å². The Bertz CT molecular complexity index is 1200. The summed E-state index contributed by atoms with van der Waals surface area (Å²) in [5.74, 6) is -0.740. The molecule has 0 unspecified atom stereocenters. The lowest BCUT2D eigenvalue weighted by Crippen LogP contribution is -2.34. The zero-order valence-electron chi connectivity index (χ0n) is 15.3. The molecule has 154 valence electrons. The maximum absolute atomic E-state index is 12.7. The first-order valence-electron chi connectivity index (χ1n) is 8.75. The molecule has 0 saturated carbocycles. The second kappa shape index (κ2) is 8.05. The molecule has 0 aliphatic carbocycles. The first-order valence-corrected chi connectivity index (χ1v) is 11.5. The molecule has 2 aromatic carbocycles. The Kier molecular flexibility index (Phi) is 5.46. The van der Waals surface area contributed by atoms with E-state index in [1.807, 2.05) is 0 Å². The largest absolute Gasteiger partial charge is 0.373 e. The summed E-state index contributed by atoms with van der Waals surface area (Å²) < 4.78 is 27.2. The van der Waals surface area contributed by atoms with E-state index >= 15 is 0 Å². The molecule has 1 aromatic heterocycles. The smallest absolute Gasteiger partial charge is 0.263 e. The summed E-state index contributed by atoms with van der Waals surface area (Å²) in [7, 11) is -3.77. The molecule has 2 amide bonds. The molecular formula is C19H15ClN4O4S2. The minimum Gasteiger partial charge on any atom is -0.373 e. The van der Waals surface area contributed by atoms with Gasteiger partial charge in [0.2, 0.25) is 5.91 Å². The van der Waals surface area contributed by atoms with Crippen LogP contribution in [0.15, 0.2) is 65.0 Å². The summed E-state index contributed by atoms with van der Waals surface area (Å²) in [6.45, 7) is 0. The minimum atomic E-state index is -3.77. The number of aromatic nitrogens is 1. The number of hydrogen-bond donors (Lipinski definition) is 2. The van der Waals surface area contributed by atoms with E-state index in [2.05, 4.69) is 15.0 Å². The van der Waals surface area contributed by atoms with Crippen molar-refractivity contribution in [3.8, 4) is 0 Å². The number of hydrogen-bond acceptors (Lipinski definition) is 7. The van der Waals surface area contributed by atoms with E-state index in [4.69, 9.17) is 11.6 Å². The van der Waals surface area contributed by atoms with Crippen LogP contribution in [-0.2, 0) is 19.6 Å². The van der Waals surface area contributed by atoms with Crippen LogP contribution in [0, 0.1) is 0 Å². The van der Waals surface area contributed by atoms with Crippen LogP contribution in [0.2, 0.25) is 5.02 Å². The fraction of sp³-hybridized carbons (Fsp3) is 0.105. The van der Waals surface area contributed by atoms with Gasteiger partial charge in [-0.25, -0.2) is 18.3 Å². The average Bonchev–Trinajstić information content (AvgIpc) is 3.29. The molecule has 1 saturated heterocycles. The molecule has 0 bridgehead atoms. The molecule has 1 aliphatic heterocycles. The molecule has 2 heterocycles. The van der Waals surface area contributed by atoms with Crippen molar-refractivity contribution in [2.45, 2.75) is 17.4 Å². The number of nitrogens with one attached hydrogen (secondary N) is 2. The number of nitrogens with zero attached hydrogens (tertiary/aromatic N) is 2. The standard InChI is InChI=1S/C19H15ClN4O4S2/c20-12-2-1-3-14(10-12)24-17(25)11-16(18(24)26)22-13-4-6-15(7-5-13)30(27,28)23-19-21-8-9-29-19/h1-10,16,22H,11H2,(H,21,23)/t16-/m0/s1. The van der Waals surface area contributed by atoms with Gasteiger partial charge in [-0.3, -0.25) is 14.3 Å². The van der Waals surface area contributed by atoms with E-state index in [9.17, 15) is 18.0 Å². The highest BCUT2D eigenvalue weighted by Gasteiger charge is 2.39. The normalized spacial score (nSPS) is 16.7. The minimum absolute atomic E-state index is 0.0169. The number of amides is 2. The predicted octanol–water partition coefficient (Wildman–Crippen LogP) is 3.34. The highest BCUT2D eigenvalue weighted by Crippen LogP contribution is 2.27. The highest BCUT2D eigenvalue weighted by molar-refractivity contribution is 7.93. The van der Waals surface area contributed by atoms with Crippen molar-refractivity contribution in [1.29, 1.82) is 0 Å². The number of rotatable bonds is 6. The van der Waals surface area contributed by atoms with Gasteiger partial charge in [-0.05, 0) is 42.5 Å². The number of anilines is 3. The Hall–Kier alpha value is -2.95. The quantitative estimate of drug-likeness (QED) is 0.544. The van der Waals surface area contributed by atoms with E-state index in [0.29, 0.717) is 16.4 Å². The van der Waals surface area contributed by atoms with Crippen LogP contribution in [0.3, 0.4) is 0 Å². The second-order valence-electron chi connectivity index (χ2n) is 6.42.